The molecule has 4 unspecified atom stereocenters. The van der Waals surface area contributed by atoms with E-state index in [2.05, 4.69) is 86.8 Å². The molecule has 2 aliphatic heterocycles. The molecule has 2 aliphatic rings. The van der Waals surface area contributed by atoms with Gasteiger partial charge in [-0.3, -0.25) is 9.59 Å². The third-order valence-electron chi connectivity index (χ3n) is 11.3. The minimum Gasteiger partial charge on any atom is -0.462 e. The summed E-state index contributed by atoms with van der Waals surface area (Å²) in [6.45, 7) is 2.41. The highest BCUT2D eigenvalue weighted by Crippen LogP contribution is 2.26. The van der Waals surface area contributed by atoms with Crippen LogP contribution in [-0.4, -0.2) is 142 Å². The first kappa shape index (κ1) is 60.8. The smallest absolute Gasteiger partial charge is 0.306 e. The SMILES string of the molecule is CCCCC/C=C/C/C=C/C/C=C/C/C=C/CCCC(=O)O[C@H](COC(=O)CCCC/C=C/C/C=C/C/C=C/CCCCC)CO[C@H]1O[C@@H](CO[C@H]2O[C@@H](CO)[C@@H](O)C(O)C2O)[C@@H](O)C(O)C1O. The number of ether oxygens (including phenoxy) is 6. The van der Waals surface area contributed by atoms with Gasteiger partial charge in [0.1, 0.15) is 55.4 Å². The van der Waals surface area contributed by atoms with Gasteiger partial charge in [-0.15, -0.1) is 0 Å². The van der Waals surface area contributed by atoms with Crippen molar-refractivity contribution in [2.45, 2.75) is 210 Å². The number of carbonyl (C=O) groups excluding carboxylic acids is 2. The Kier molecular flexibility index (Phi) is 35.2. The Bertz CT molecular complexity index is 1510. The number of hydrogen-bond donors (Lipinski definition) is 7. The van der Waals surface area contributed by atoms with Crippen molar-refractivity contribution in [3.05, 3.63) is 85.1 Å². The Morgan fingerprint density at radius 1 is 0.471 bits per heavy atom. The minimum atomic E-state index is -1.78. The molecule has 0 aromatic carbocycles. The van der Waals surface area contributed by atoms with Gasteiger partial charge in [0.25, 0.3) is 0 Å². The van der Waals surface area contributed by atoms with Crippen LogP contribution in [0, 0.1) is 0 Å². The maximum Gasteiger partial charge on any atom is 0.306 e. The molecule has 2 saturated heterocycles. The lowest BCUT2D eigenvalue weighted by atomic mass is 9.98. The molecular weight excluding hydrogens is 877 g/mol. The molecule has 0 saturated carbocycles. The quantitative estimate of drug-likeness (QED) is 0.0193. The van der Waals surface area contributed by atoms with E-state index < -0.39 is 99.3 Å². The standard InChI is InChI=1S/C53H86O15/c1-3-5-7-9-11-13-15-17-19-20-22-24-26-28-30-32-34-36-45(56)66-41(38-63-44(55)35-33-31-29-27-25-23-21-18-16-14-12-10-8-6-4-2)39-64-52-51(62)49(60)47(58)43(68-52)40-65-53-50(61)48(59)46(57)42(37-54)67-53/h11-14,17-19,21-22,24-25,27-28,30,41-43,46-54,57-62H,3-10,15-16,20,23,26,29,31-40H2,1-2H3/b13-11+,14-12+,19-17+,21-18+,24-22+,27-25+,30-28+/t41-,42+,43+,46-,47-,48?,49?,50?,51?,52+,53+/m1/s1. The Balaban J connectivity index is 1.87. The van der Waals surface area contributed by atoms with E-state index in [1.54, 1.807) is 0 Å². The van der Waals surface area contributed by atoms with E-state index in [-0.39, 0.29) is 19.4 Å². The second kappa shape index (κ2) is 39.4. The van der Waals surface area contributed by atoms with Crippen LogP contribution < -0.4 is 0 Å². The summed E-state index contributed by atoms with van der Waals surface area (Å²) < 4.78 is 33.4. The van der Waals surface area contributed by atoms with Gasteiger partial charge in [-0.05, 0) is 89.9 Å². The number of esters is 2. The van der Waals surface area contributed by atoms with Crippen molar-refractivity contribution in [3.8, 4) is 0 Å². The van der Waals surface area contributed by atoms with E-state index in [9.17, 15) is 45.3 Å². The monoisotopic (exact) mass is 963 g/mol. The van der Waals surface area contributed by atoms with Gasteiger partial charge in [0.05, 0.1) is 19.8 Å². The van der Waals surface area contributed by atoms with Crippen LogP contribution >= 0.6 is 0 Å². The molecule has 15 heteroatoms. The lowest BCUT2D eigenvalue weighted by Crippen LogP contribution is -2.61. The third-order valence-corrected chi connectivity index (χ3v) is 11.3. The number of aliphatic hydroxyl groups excluding tert-OH is 7. The fraction of sp³-hybridized carbons (Fsp3) is 0.698. The lowest BCUT2D eigenvalue weighted by molar-refractivity contribution is -0.332. The molecule has 0 bridgehead atoms. The first-order valence-electron chi connectivity index (χ1n) is 25.2. The first-order valence-corrected chi connectivity index (χ1v) is 25.2. The van der Waals surface area contributed by atoms with Crippen LogP contribution in [0.25, 0.3) is 0 Å². The summed E-state index contributed by atoms with van der Waals surface area (Å²) in [6.07, 6.45) is 30.5. The zero-order chi connectivity index (χ0) is 49.6. The highest BCUT2D eigenvalue weighted by molar-refractivity contribution is 5.70. The Hall–Kier alpha value is -3.32. The van der Waals surface area contributed by atoms with Crippen molar-refractivity contribution in [3.63, 3.8) is 0 Å². The van der Waals surface area contributed by atoms with Crippen molar-refractivity contribution < 1.29 is 73.8 Å². The number of carbonyl (C=O) groups is 2. The number of rotatable bonds is 37. The van der Waals surface area contributed by atoms with E-state index in [0.29, 0.717) is 19.3 Å². The topological polar surface area (TPSA) is 231 Å². The van der Waals surface area contributed by atoms with Crippen LogP contribution in [0.3, 0.4) is 0 Å². The van der Waals surface area contributed by atoms with Crippen molar-refractivity contribution in [1.82, 2.24) is 0 Å². The normalized spacial score (nSPS) is 26.5. The summed E-state index contributed by atoms with van der Waals surface area (Å²) in [6, 6.07) is 0. The van der Waals surface area contributed by atoms with Crippen molar-refractivity contribution >= 4 is 11.9 Å². The second-order valence-electron chi connectivity index (χ2n) is 17.3. The zero-order valence-corrected chi connectivity index (χ0v) is 40.8. The molecule has 0 amide bonds. The molecule has 0 aromatic heterocycles. The Morgan fingerprint density at radius 3 is 1.37 bits per heavy atom. The summed E-state index contributed by atoms with van der Waals surface area (Å²) >= 11 is 0. The maximum atomic E-state index is 13.0. The average molecular weight is 963 g/mol. The van der Waals surface area contributed by atoms with Gasteiger partial charge in [0.15, 0.2) is 18.7 Å². The highest BCUT2D eigenvalue weighted by atomic mass is 16.7. The van der Waals surface area contributed by atoms with E-state index in [1.165, 1.54) is 38.5 Å². The Morgan fingerprint density at radius 2 is 0.882 bits per heavy atom. The lowest BCUT2D eigenvalue weighted by Gasteiger charge is -2.42. The van der Waals surface area contributed by atoms with Crippen LogP contribution in [0.4, 0.5) is 0 Å². The van der Waals surface area contributed by atoms with Crippen LogP contribution in [0.15, 0.2) is 85.1 Å². The van der Waals surface area contributed by atoms with Crippen molar-refractivity contribution in [2.75, 3.05) is 26.4 Å². The van der Waals surface area contributed by atoms with Gasteiger partial charge in [-0.1, -0.05) is 125 Å². The fourth-order valence-corrected chi connectivity index (χ4v) is 7.15. The highest BCUT2D eigenvalue weighted by Gasteiger charge is 2.47. The Labute approximate surface area is 405 Å². The van der Waals surface area contributed by atoms with Crippen molar-refractivity contribution in [1.29, 1.82) is 0 Å². The molecule has 0 aromatic rings. The van der Waals surface area contributed by atoms with Gasteiger partial charge in [-0.25, -0.2) is 0 Å². The summed E-state index contributed by atoms with van der Waals surface area (Å²) in [5.41, 5.74) is 0. The molecule has 0 aliphatic carbocycles. The second-order valence-corrected chi connectivity index (χ2v) is 17.3. The molecule has 2 fully saturated rings. The first-order chi connectivity index (χ1) is 33.0. The van der Waals surface area contributed by atoms with Crippen LogP contribution in [0.1, 0.15) is 142 Å². The molecule has 388 valence electrons. The number of aliphatic hydroxyl groups is 7. The molecule has 68 heavy (non-hydrogen) atoms. The molecule has 11 atom stereocenters. The largest absolute Gasteiger partial charge is 0.462 e. The molecule has 0 spiro atoms. The predicted octanol–water partition coefficient (Wildman–Crippen LogP) is 6.82. The van der Waals surface area contributed by atoms with E-state index >= 15 is 0 Å². The van der Waals surface area contributed by atoms with E-state index in [1.807, 2.05) is 12.2 Å². The number of allylic oxidation sites excluding steroid dienone is 14. The van der Waals surface area contributed by atoms with Gasteiger partial charge < -0.3 is 64.2 Å². The number of unbranched alkanes of at least 4 members (excludes halogenated alkanes) is 9. The molecule has 2 rings (SSSR count). The van der Waals surface area contributed by atoms with Gasteiger partial charge in [0, 0.05) is 12.8 Å². The summed E-state index contributed by atoms with van der Waals surface area (Å²) in [5.74, 6) is -1.04. The zero-order valence-electron chi connectivity index (χ0n) is 40.8. The van der Waals surface area contributed by atoms with Crippen LogP contribution in [0.5, 0.6) is 0 Å². The maximum absolute atomic E-state index is 13.0. The summed E-state index contributed by atoms with van der Waals surface area (Å²) in [7, 11) is 0. The molecule has 2 heterocycles. The van der Waals surface area contributed by atoms with Crippen molar-refractivity contribution in [2.24, 2.45) is 0 Å². The molecule has 15 nitrogen and oxygen atoms in total. The van der Waals surface area contributed by atoms with E-state index in [4.69, 9.17) is 28.4 Å². The average Bonchev–Trinajstić information content (AvgIpc) is 3.33. The summed E-state index contributed by atoms with van der Waals surface area (Å²) in [5, 5.41) is 72.0. The molecule has 0 radical (unpaired) electrons. The van der Waals surface area contributed by atoms with E-state index in [0.717, 1.165) is 57.8 Å². The van der Waals surface area contributed by atoms with Gasteiger partial charge >= 0.3 is 11.9 Å². The predicted molar refractivity (Wildman–Crippen MR) is 261 cm³/mol. The van der Waals surface area contributed by atoms with Gasteiger partial charge in [0.2, 0.25) is 0 Å². The van der Waals surface area contributed by atoms with Crippen LogP contribution in [0.2, 0.25) is 0 Å². The summed E-state index contributed by atoms with van der Waals surface area (Å²) in [4.78, 5) is 25.7. The fourth-order valence-electron chi connectivity index (χ4n) is 7.15. The van der Waals surface area contributed by atoms with Gasteiger partial charge in [-0.2, -0.15) is 0 Å². The molecular formula is C53H86O15. The molecule has 7 N–H and O–H groups in total. The third kappa shape index (κ3) is 27.2. The minimum absolute atomic E-state index is 0.0762. The number of hydrogen-bond acceptors (Lipinski definition) is 15. The van der Waals surface area contributed by atoms with Crippen LogP contribution in [-0.2, 0) is 38.0 Å².